The fourth-order valence-electron chi connectivity index (χ4n) is 1.99. The summed E-state index contributed by atoms with van der Waals surface area (Å²) < 4.78 is 4.56. The van der Waals surface area contributed by atoms with Crippen LogP contribution in [0, 0.1) is 0 Å². The Bertz CT molecular complexity index is 750. The van der Waals surface area contributed by atoms with Crippen LogP contribution in [0.1, 0.15) is 0 Å². The van der Waals surface area contributed by atoms with Gasteiger partial charge in [-0.3, -0.25) is 5.32 Å². The summed E-state index contributed by atoms with van der Waals surface area (Å²) in [5, 5.41) is 2.62. The largest absolute Gasteiger partial charge is 0.453 e. The van der Waals surface area contributed by atoms with E-state index in [2.05, 4.69) is 20.0 Å². The highest BCUT2D eigenvalue weighted by Crippen LogP contribution is 2.22. The summed E-state index contributed by atoms with van der Waals surface area (Å²) in [7, 11) is 1.33. The fourth-order valence-corrected chi connectivity index (χ4v) is 1.99. The number of carbonyl (C=O) groups excluding carboxylic acids is 1. The highest BCUT2D eigenvalue weighted by Gasteiger charge is 2.07. The van der Waals surface area contributed by atoms with Crippen molar-refractivity contribution in [3.05, 3.63) is 48.5 Å². The molecule has 0 aliphatic rings. The summed E-state index contributed by atoms with van der Waals surface area (Å²) in [6.45, 7) is 0. The molecule has 0 aliphatic carbocycles. The first-order valence-corrected chi connectivity index (χ1v) is 6.16. The summed E-state index contributed by atoms with van der Waals surface area (Å²) in [5.41, 5.74) is 3.39. The SMILES string of the molecule is COC(=O)Nc1ccc2nc(-c3ccccc3)[nH]c2c1. The Morgan fingerprint density at radius 2 is 2.00 bits per heavy atom. The first-order chi connectivity index (χ1) is 9.76. The van der Waals surface area contributed by atoms with Crippen molar-refractivity contribution in [2.75, 3.05) is 12.4 Å². The molecular weight excluding hydrogens is 254 g/mol. The number of aromatic nitrogens is 2. The van der Waals surface area contributed by atoms with E-state index in [-0.39, 0.29) is 0 Å². The number of aromatic amines is 1. The second-order valence-electron chi connectivity index (χ2n) is 4.30. The van der Waals surface area contributed by atoms with E-state index in [0.717, 1.165) is 22.4 Å². The molecular formula is C15H13N3O2. The molecule has 2 N–H and O–H groups in total. The van der Waals surface area contributed by atoms with Gasteiger partial charge < -0.3 is 9.72 Å². The number of ether oxygens (including phenoxy) is 1. The molecule has 0 saturated carbocycles. The molecule has 2 aromatic carbocycles. The number of rotatable bonds is 2. The Hall–Kier alpha value is -2.82. The lowest BCUT2D eigenvalue weighted by molar-refractivity contribution is 0.187. The van der Waals surface area contributed by atoms with E-state index in [1.165, 1.54) is 7.11 Å². The van der Waals surface area contributed by atoms with Crippen molar-refractivity contribution in [2.24, 2.45) is 0 Å². The van der Waals surface area contributed by atoms with Crippen molar-refractivity contribution in [3.8, 4) is 11.4 Å². The number of nitrogens with one attached hydrogen (secondary N) is 2. The average Bonchev–Trinajstić information content (AvgIpc) is 2.91. The first kappa shape index (κ1) is 12.2. The molecule has 0 bridgehead atoms. The van der Waals surface area contributed by atoms with Crippen molar-refractivity contribution in [1.82, 2.24) is 9.97 Å². The van der Waals surface area contributed by atoms with Crippen molar-refractivity contribution in [2.45, 2.75) is 0 Å². The number of fused-ring (bicyclic) bond motifs is 1. The number of nitrogens with zero attached hydrogens (tertiary/aromatic N) is 1. The summed E-state index contributed by atoms with van der Waals surface area (Å²) >= 11 is 0. The molecule has 3 aromatic rings. The van der Waals surface area contributed by atoms with Gasteiger partial charge in [0.15, 0.2) is 0 Å². The van der Waals surface area contributed by atoms with Crippen LogP contribution in [-0.4, -0.2) is 23.2 Å². The Morgan fingerprint density at radius 3 is 2.75 bits per heavy atom. The molecule has 5 heteroatoms. The predicted octanol–water partition coefficient (Wildman–Crippen LogP) is 3.41. The zero-order valence-electron chi connectivity index (χ0n) is 10.9. The van der Waals surface area contributed by atoms with E-state index < -0.39 is 6.09 Å². The van der Waals surface area contributed by atoms with Crippen LogP contribution in [0.2, 0.25) is 0 Å². The third-order valence-corrected chi connectivity index (χ3v) is 2.96. The lowest BCUT2D eigenvalue weighted by atomic mass is 10.2. The zero-order chi connectivity index (χ0) is 13.9. The van der Waals surface area contributed by atoms with Crippen LogP contribution in [0.25, 0.3) is 22.4 Å². The third kappa shape index (κ3) is 2.33. The van der Waals surface area contributed by atoms with Crippen LogP contribution in [0.3, 0.4) is 0 Å². The minimum Gasteiger partial charge on any atom is -0.453 e. The molecule has 0 radical (unpaired) electrons. The lowest BCUT2D eigenvalue weighted by Gasteiger charge is -2.02. The minimum absolute atomic E-state index is 0.493. The Balaban J connectivity index is 1.97. The van der Waals surface area contributed by atoms with Gasteiger partial charge in [0, 0.05) is 11.3 Å². The molecule has 0 spiro atoms. The van der Waals surface area contributed by atoms with Gasteiger partial charge in [-0.05, 0) is 18.2 Å². The number of carbonyl (C=O) groups is 1. The van der Waals surface area contributed by atoms with Crippen LogP contribution >= 0.6 is 0 Å². The number of amides is 1. The summed E-state index contributed by atoms with van der Waals surface area (Å²) in [6, 6.07) is 15.3. The number of hydrogen-bond acceptors (Lipinski definition) is 3. The maximum absolute atomic E-state index is 11.2. The first-order valence-electron chi connectivity index (χ1n) is 6.16. The molecule has 1 amide bonds. The molecule has 100 valence electrons. The molecule has 0 atom stereocenters. The summed E-state index contributed by atoms with van der Waals surface area (Å²) in [6.07, 6.45) is -0.493. The lowest BCUT2D eigenvalue weighted by Crippen LogP contribution is -2.10. The van der Waals surface area contributed by atoms with E-state index in [1.54, 1.807) is 6.07 Å². The van der Waals surface area contributed by atoms with Gasteiger partial charge in [0.05, 0.1) is 18.1 Å². The van der Waals surface area contributed by atoms with Crippen LogP contribution in [0.4, 0.5) is 10.5 Å². The minimum atomic E-state index is -0.493. The number of methoxy groups -OCH3 is 1. The summed E-state index contributed by atoms with van der Waals surface area (Å²) in [4.78, 5) is 18.9. The third-order valence-electron chi connectivity index (χ3n) is 2.96. The normalized spacial score (nSPS) is 10.4. The van der Waals surface area contributed by atoms with Gasteiger partial charge in [0.2, 0.25) is 0 Å². The molecule has 0 unspecified atom stereocenters. The number of benzene rings is 2. The van der Waals surface area contributed by atoms with Gasteiger partial charge >= 0.3 is 6.09 Å². The van der Waals surface area contributed by atoms with Gasteiger partial charge in [0.25, 0.3) is 0 Å². The number of H-pyrrole nitrogens is 1. The molecule has 0 fully saturated rings. The van der Waals surface area contributed by atoms with Gasteiger partial charge in [-0.25, -0.2) is 9.78 Å². The van der Waals surface area contributed by atoms with Gasteiger partial charge in [-0.1, -0.05) is 30.3 Å². The second-order valence-corrected chi connectivity index (χ2v) is 4.30. The van der Waals surface area contributed by atoms with Crippen LogP contribution in [0.15, 0.2) is 48.5 Å². The highest BCUT2D eigenvalue weighted by molar-refractivity contribution is 5.89. The predicted molar refractivity (Wildman–Crippen MR) is 77.6 cm³/mol. The Labute approximate surface area is 115 Å². The van der Waals surface area contributed by atoms with Crippen molar-refractivity contribution < 1.29 is 9.53 Å². The molecule has 3 rings (SSSR count). The monoisotopic (exact) mass is 267 g/mol. The van der Waals surface area contributed by atoms with E-state index in [4.69, 9.17) is 0 Å². The van der Waals surface area contributed by atoms with Gasteiger partial charge in [-0.15, -0.1) is 0 Å². The number of anilines is 1. The average molecular weight is 267 g/mol. The van der Waals surface area contributed by atoms with Gasteiger partial charge in [-0.2, -0.15) is 0 Å². The fraction of sp³-hybridized carbons (Fsp3) is 0.0667. The van der Waals surface area contributed by atoms with Crippen LogP contribution in [0.5, 0.6) is 0 Å². The molecule has 5 nitrogen and oxygen atoms in total. The standard InChI is InChI=1S/C15H13N3O2/c1-20-15(19)16-11-7-8-12-13(9-11)18-14(17-12)10-5-3-2-4-6-10/h2-9H,1H3,(H,16,19)(H,17,18). The van der Waals surface area contributed by atoms with Crippen molar-refractivity contribution >= 4 is 22.8 Å². The van der Waals surface area contributed by atoms with E-state index in [1.807, 2.05) is 42.5 Å². The maximum Gasteiger partial charge on any atom is 0.411 e. The molecule has 1 heterocycles. The molecule has 0 saturated heterocycles. The van der Waals surface area contributed by atoms with E-state index in [9.17, 15) is 4.79 Å². The smallest absolute Gasteiger partial charge is 0.411 e. The number of hydrogen-bond donors (Lipinski definition) is 2. The van der Waals surface area contributed by atoms with Gasteiger partial charge in [0.1, 0.15) is 5.82 Å². The zero-order valence-corrected chi connectivity index (χ0v) is 10.9. The van der Waals surface area contributed by atoms with E-state index >= 15 is 0 Å². The molecule has 20 heavy (non-hydrogen) atoms. The van der Waals surface area contributed by atoms with Crippen LogP contribution in [-0.2, 0) is 4.74 Å². The number of imidazole rings is 1. The molecule has 0 aliphatic heterocycles. The van der Waals surface area contributed by atoms with E-state index in [0.29, 0.717) is 5.69 Å². The van der Waals surface area contributed by atoms with Crippen LogP contribution < -0.4 is 5.32 Å². The van der Waals surface area contributed by atoms with Crippen molar-refractivity contribution in [3.63, 3.8) is 0 Å². The Morgan fingerprint density at radius 1 is 1.20 bits per heavy atom. The Kier molecular flexibility index (Phi) is 3.09. The highest BCUT2D eigenvalue weighted by atomic mass is 16.5. The maximum atomic E-state index is 11.2. The quantitative estimate of drug-likeness (QED) is 0.747. The second kappa shape index (κ2) is 5.05. The van der Waals surface area contributed by atoms with Crippen molar-refractivity contribution in [1.29, 1.82) is 0 Å². The topological polar surface area (TPSA) is 67.0 Å². The molecule has 1 aromatic heterocycles. The summed E-state index contributed by atoms with van der Waals surface area (Å²) in [5.74, 6) is 0.802.